The van der Waals surface area contributed by atoms with Crippen molar-refractivity contribution in [3.05, 3.63) is 29.8 Å². The molecule has 0 bridgehead atoms. The lowest BCUT2D eigenvalue weighted by Gasteiger charge is -2.23. The standard InChI is InChI=1S/C20H32N4O3S/c1-16(2)8-13-27-18-6-4-17(5-7-18)19(25)22-23-20(28)21-9-3-10-24-11-14-26-15-12-24/h4-7,16H,3,8-15H2,1-2H3,(H,22,25)(H2,21,23,28)/p+1. The van der Waals surface area contributed by atoms with Crippen LogP contribution in [0.25, 0.3) is 0 Å². The molecule has 7 nitrogen and oxygen atoms in total. The van der Waals surface area contributed by atoms with Gasteiger partial charge in [-0.2, -0.15) is 0 Å². The predicted molar refractivity (Wildman–Crippen MR) is 114 cm³/mol. The number of quaternary nitrogens is 1. The number of ether oxygens (including phenoxy) is 2. The molecule has 1 aromatic carbocycles. The molecule has 8 heteroatoms. The number of carbonyl (C=O) groups is 1. The Balaban J connectivity index is 1.59. The van der Waals surface area contributed by atoms with Crippen LogP contribution < -0.4 is 25.8 Å². The first-order chi connectivity index (χ1) is 13.5. The molecule has 1 fully saturated rings. The Labute approximate surface area is 173 Å². The first kappa shape index (κ1) is 22.4. The molecule has 1 aliphatic rings. The lowest BCUT2D eigenvalue weighted by atomic mass is 10.1. The summed E-state index contributed by atoms with van der Waals surface area (Å²) in [6, 6.07) is 7.09. The topological polar surface area (TPSA) is 76.1 Å². The van der Waals surface area contributed by atoms with Crippen LogP contribution in [0.2, 0.25) is 0 Å². The Bertz CT molecular complexity index is 604. The third kappa shape index (κ3) is 8.86. The highest BCUT2D eigenvalue weighted by Gasteiger charge is 2.12. The van der Waals surface area contributed by atoms with E-state index in [2.05, 4.69) is 30.0 Å². The number of benzene rings is 1. The molecule has 0 saturated carbocycles. The van der Waals surface area contributed by atoms with E-state index in [9.17, 15) is 4.79 Å². The summed E-state index contributed by atoms with van der Waals surface area (Å²) in [5, 5.41) is 3.53. The summed E-state index contributed by atoms with van der Waals surface area (Å²) in [7, 11) is 0. The smallest absolute Gasteiger partial charge is 0.269 e. The van der Waals surface area contributed by atoms with Gasteiger partial charge in [0.25, 0.3) is 5.91 Å². The summed E-state index contributed by atoms with van der Waals surface area (Å²) in [4.78, 5) is 13.7. The van der Waals surface area contributed by atoms with E-state index in [0.717, 1.165) is 58.0 Å². The van der Waals surface area contributed by atoms with Crippen molar-refractivity contribution in [3.63, 3.8) is 0 Å². The molecule has 28 heavy (non-hydrogen) atoms. The maximum absolute atomic E-state index is 12.2. The highest BCUT2D eigenvalue weighted by molar-refractivity contribution is 7.80. The second-order valence-corrected chi connectivity index (χ2v) is 7.76. The van der Waals surface area contributed by atoms with Crippen LogP contribution in [0.15, 0.2) is 24.3 Å². The zero-order valence-electron chi connectivity index (χ0n) is 16.9. The van der Waals surface area contributed by atoms with Gasteiger partial charge in [-0.15, -0.1) is 0 Å². The number of rotatable bonds is 9. The number of carbonyl (C=O) groups excluding carboxylic acids is 1. The Morgan fingerprint density at radius 2 is 1.93 bits per heavy atom. The van der Waals surface area contributed by atoms with Crippen molar-refractivity contribution in [3.8, 4) is 5.75 Å². The molecule has 0 spiro atoms. The van der Waals surface area contributed by atoms with Crippen LogP contribution in [0.5, 0.6) is 5.75 Å². The van der Waals surface area contributed by atoms with Gasteiger partial charge in [-0.1, -0.05) is 13.8 Å². The molecule has 1 amide bonds. The first-order valence-corrected chi connectivity index (χ1v) is 10.4. The number of hydrogen-bond acceptors (Lipinski definition) is 4. The van der Waals surface area contributed by atoms with E-state index in [4.69, 9.17) is 21.7 Å². The third-order valence-electron chi connectivity index (χ3n) is 4.56. The molecule has 1 saturated heterocycles. The molecule has 0 aromatic heterocycles. The lowest BCUT2D eigenvalue weighted by Crippen LogP contribution is -3.14. The summed E-state index contributed by atoms with van der Waals surface area (Å²) in [6.45, 7) is 10.7. The minimum absolute atomic E-state index is 0.240. The van der Waals surface area contributed by atoms with Crippen molar-refractivity contribution in [1.82, 2.24) is 16.2 Å². The van der Waals surface area contributed by atoms with Gasteiger partial charge in [0.15, 0.2) is 5.11 Å². The summed E-state index contributed by atoms with van der Waals surface area (Å²) >= 11 is 5.20. The minimum Gasteiger partial charge on any atom is -0.494 e. The Kier molecular flexibility index (Phi) is 10.0. The van der Waals surface area contributed by atoms with Gasteiger partial charge in [-0.3, -0.25) is 15.6 Å². The molecule has 2 rings (SSSR count). The minimum atomic E-state index is -0.240. The third-order valence-corrected chi connectivity index (χ3v) is 4.81. The van der Waals surface area contributed by atoms with Crippen LogP contribution in [-0.2, 0) is 4.74 Å². The highest BCUT2D eigenvalue weighted by atomic mass is 32.1. The van der Waals surface area contributed by atoms with Gasteiger partial charge in [0, 0.05) is 18.5 Å². The van der Waals surface area contributed by atoms with Crippen LogP contribution in [0, 0.1) is 5.92 Å². The molecular formula is C20H33N4O3S+. The van der Waals surface area contributed by atoms with Crippen LogP contribution >= 0.6 is 12.2 Å². The number of hydrogen-bond donors (Lipinski definition) is 4. The average molecular weight is 410 g/mol. The molecule has 4 N–H and O–H groups in total. The average Bonchev–Trinajstić information content (AvgIpc) is 2.70. The molecular weight excluding hydrogens is 376 g/mol. The molecule has 0 unspecified atom stereocenters. The van der Waals surface area contributed by atoms with Crippen LogP contribution in [0.4, 0.5) is 0 Å². The fraction of sp³-hybridized carbons (Fsp3) is 0.600. The van der Waals surface area contributed by atoms with Gasteiger partial charge in [-0.25, -0.2) is 0 Å². The predicted octanol–water partition coefficient (Wildman–Crippen LogP) is 0.526. The quantitative estimate of drug-likeness (QED) is 0.271. The second-order valence-electron chi connectivity index (χ2n) is 7.36. The second kappa shape index (κ2) is 12.5. The summed E-state index contributed by atoms with van der Waals surface area (Å²) in [5.41, 5.74) is 5.90. The summed E-state index contributed by atoms with van der Waals surface area (Å²) < 4.78 is 11.0. The number of nitrogens with one attached hydrogen (secondary N) is 4. The van der Waals surface area contributed by atoms with Crippen molar-refractivity contribution in [2.24, 2.45) is 5.92 Å². The Morgan fingerprint density at radius 1 is 1.21 bits per heavy atom. The van der Waals surface area contributed by atoms with E-state index in [-0.39, 0.29) is 5.91 Å². The summed E-state index contributed by atoms with van der Waals surface area (Å²) in [6.07, 6.45) is 2.02. The van der Waals surface area contributed by atoms with Gasteiger partial charge in [0.05, 0.1) is 26.4 Å². The van der Waals surface area contributed by atoms with Crippen LogP contribution in [0.3, 0.4) is 0 Å². The fourth-order valence-electron chi connectivity index (χ4n) is 2.80. The van der Waals surface area contributed by atoms with Crippen molar-refractivity contribution >= 4 is 23.2 Å². The maximum atomic E-state index is 12.2. The van der Waals surface area contributed by atoms with E-state index in [1.165, 1.54) is 0 Å². The lowest BCUT2D eigenvalue weighted by molar-refractivity contribution is -0.908. The number of hydrazine groups is 1. The molecule has 0 atom stereocenters. The van der Waals surface area contributed by atoms with Gasteiger partial charge >= 0.3 is 0 Å². The normalized spacial score (nSPS) is 14.5. The fourth-order valence-corrected chi connectivity index (χ4v) is 2.95. The van der Waals surface area contributed by atoms with E-state index in [0.29, 0.717) is 23.2 Å². The number of thiocarbonyl (C=S) groups is 1. The zero-order valence-corrected chi connectivity index (χ0v) is 17.7. The Morgan fingerprint density at radius 3 is 2.61 bits per heavy atom. The van der Waals surface area contributed by atoms with Crippen molar-refractivity contribution < 1.29 is 19.2 Å². The van der Waals surface area contributed by atoms with E-state index < -0.39 is 0 Å². The molecule has 1 aromatic rings. The molecule has 156 valence electrons. The largest absolute Gasteiger partial charge is 0.494 e. The SMILES string of the molecule is CC(C)CCOc1ccc(C(=O)NNC(=S)NCCC[NH+]2CCOCC2)cc1. The first-order valence-electron chi connectivity index (χ1n) is 10.0. The molecule has 0 aliphatic carbocycles. The molecule has 0 radical (unpaired) electrons. The molecule has 1 heterocycles. The van der Waals surface area contributed by atoms with E-state index in [1.54, 1.807) is 29.2 Å². The monoisotopic (exact) mass is 409 g/mol. The van der Waals surface area contributed by atoms with Crippen LogP contribution in [-0.4, -0.2) is 57.0 Å². The van der Waals surface area contributed by atoms with Gasteiger partial charge in [0.2, 0.25) is 0 Å². The van der Waals surface area contributed by atoms with Crippen molar-refractivity contribution in [2.45, 2.75) is 26.7 Å². The van der Waals surface area contributed by atoms with Crippen molar-refractivity contribution in [1.29, 1.82) is 0 Å². The van der Waals surface area contributed by atoms with Crippen LogP contribution in [0.1, 0.15) is 37.0 Å². The highest BCUT2D eigenvalue weighted by Crippen LogP contribution is 2.13. The molecule has 1 aliphatic heterocycles. The summed E-state index contributed by atoms with van der Waals surface area (Å²) in [5.74, 6) is 1.13. The van der Waals surface area contributed by atoms with Gasteiger partial charge < -0.3 is 19.7 Å². The Hall–Kier alpha value is -1.90. The van der Waals surface area contributed by atoms with E-state index >= 15 is 0 Å². The van der Waals surface area contributed by atoms with Crippen molar-refractivity contribution in [2.75, 3.05) is 46.0 Å². The zero-order chi connectivity index (χ0) is 20.2. The number of amides is 1. The number of morpholine rings is 1. The maximum Gasteiger partial charge on any atom is 0.269 e. The van der Waals surface area contributed by atoms with Gasteiger partial charge in [-0.05, 0) is 48.8 Å². The van der Waals surface area contributed by atoms with Gasteiger partial charge in [0.1, 0.15) is 18.8 Å². The van der Waals surface area contributed by atoms with E-state index in [1.807, 2.05) is 0 Å².